The van der Waals surface area contributed by atoms with E-state index in [0.717, 1.165) is 44.0 Å². The minimum Gasteiger partial charge on any atom is -0.322 e. The maximum absolute atomic E-state index is 11.4. The quantitative estimate of drug-likeness (QED) is 0.933. The fraction of sp³-hybridized carbons (Fsp3) is 0.353. The molecule has 4 heteroatoms. The number of nitrogens with one attached hydrogen (secondary N) is 1. The van der Waals surface area contributed by atoms with Crippen LogP contribution in [-0.4, -0.2) is 48.0 Å². The van der Waals surface area contributed by atoms with Crippen LogP contribution in [0.3, 0.4) is 0 Å². The summed E-state index contributed by atoms with van der Waals surface area (Å²) >= 11 is 0. The molecule has 0 amide bonds. The molecule has 1 aromatic carbocycles. The summed E-state index contributed by atoms with van der Waals surface area (Å²) in [6, 6.07) is 13.7. The molecule has 0 unspecified atom stereocenters. The van der Waals surface area contributed by atoms with Gasteiger partial charge in [-0.3, -0.25) is 9.69 Å². The number of piperazine rings is 1. The highest BCUT2D eigenvalue weighted by Crippen LogP contribution is 2.18. The van der Waals surface area contributed by atoms with Gasteiger partial charge in [0, 0.05) is 44.5 Å². The van der Waals surface area contributed by atoms with E-state index in [0.29, 0.717) is 0 Å². The molecule has 1 aromatic heterocycles. The van der Waals surface area contributed by atoms with Crippen LogP contribution in [0.15, 0.2) is 47.3 Å². The molecule has 1 N–H and O–H groups in total. The number of hydrogen-bond acceptors (Lipinski definition) is 3. The average molecular weight is 283 g/mol. The van der Waals surface area contributed by atoms with Gasteiger partial charge in [-0.2, -0.15) is 0 Å². The molecule has 3 rings (SSSR count). The first-order chi connectivity index (χ1) is 10.2. The van der Waals surface area contributed by atoms with Crippen LogP contribution in [0.2, 0.25) is 0 Å². The largest absolute Gasteiger partial charge is 0.322 e. The van der Waals surface area contributed by atoms with Gasteiger partial charge in [-0.25, -0.2) is 0 Å². The second kappa shape index (κ2) is 6.24. The van der Waals surface area contributed by atoms with Crippen LogP contribution in [0.25, 0.3) is 11.3 Å². The second-order valence-electron chi connectivity index (χ2n) is 5.71. The van der Waals surface area contributed by atoms with Gasteiger partial charge in [-0.05, 0) is 30.3 Å². The average Bonchev–Trinajstić information content (AvgIpc) is 2.50. The first-order valence-corrected chi connectivity index (χ1v) is 7.40. The van der Waals surface area contributed by atoms with E-state index in [1.165, 1.54) is 11.6 Å². The van der Waals surface area contributed by atoms with Crippen LogP contribution in [0, 0.1) is 0 Å². The number of benzene rings is 1. The van der Waals surface area contributed by atoms with Crippen molar-refractivity contribution in [3.8, 4) is 11.3 Å². The van der Waals surface area contributed by atoms with Gasteiger partial charge in [0.1, 0.15) is 0 Å². The van der Waals surface area contributed by atoms with Crippen LogP contribution in [0.1, 0.15) is 5.56 Å². The number of hydrogen-bond donors (Lipinski definition) is 1. The number of rotatable bonds is 3. The van der Waals surface area contributed by atoms with E-state index in [1.54, 1.807) is 6.07 Å². The molecular formula is C17H21N3O. The Hall–Kier alpha value is -1.91. The number of nitrogens with zero attached hydrogens (tertiary/aromatic N) is 2. The number of pyridine rings is 1. The summed E-state index contributed by atoms with van der Waals surface area (Å²) in [5.74, 6) is 0. The van der Waals surface area contributed by atoms with Gasteiger partial charge in [-0.1, -0.05) is 24.3 Å². The van der Waals surface area contributed by atoms with E-state index in [4.69, 9.17) is 0 Å². The molecule has 2 aromatic rings. The standard InChI is InChI=1S/C17H21N3O/c1-19-8-10-20(11-9-19)13-14-4-2-5-15(12-14)16-6-3-7-17(21)18-16/h2-7,12H,8-11,13H2,1H3,(H,18,21). The van der Waals surface area contributed by atoms with E-state index < -0.39 is 0 Å². The minimum atomic E-state index is -0.0584. The Morgan fingerprint density at radius 1 is 1.05 bits per heavy atom. The van der Waals surface area contributed by atoms with Crippen molar-refractivity contribution in [3.63, 3.8) is 0 Å². The third-order valence-electron chi connectivity index (χ3n) is 4.01. The molecule has 1 fully saturated rings. The van der Waals surface area contributed by atoms with E-state index in [-0.39, 0.29) is 5.56 Å². The Labute approximate surface area is 125 Å². The van der Waals surface area contributed by atoms with Crippen molar-refractivity contribution in [1.82, 2.24) is 14.8 Å². The van der Waals surface area contributed by atoms with Crippen LogP contribution >= 0.6 is 0 Å². The third-order valence-corrected chi connectivity index (χ3v) is 4.01. The summed E-state index contributed by atoms with van der Waals surface area (Å²) < 4.78 is 0. The highest BCUT2D eigenvalue weighted by atomic mass is 16.1. The summed E-state index contributed by atoms with van der Waals surface area (Å²) in [5, 5.41) is 0. The normalized spacial score (nSPS) is 17.0. The summed E-state index contributed by atoms with van der Waals surface area (Å²) in [5.41, 5.74) is 3.18. The number of H-pyrrole nitrogens is 1. The molecular weight excluding hydrogens is 262 g/mol. The fourth-order valence-electron chi connectivity index (χ4n) is 2.72. The predicted octanol–water partition coefficient (Wildman–Crippen LogP) is 1.79. The zero-order valence-electron chi connectivity index (χ0n) is 12.4. The van der Waals surface area contributed by atoms with Gasteiger partial charge in [0.2, 0.25) is 5.56 Å². The molecule has 1 aliphatic heterocycles. The molecule has 0 bridgehead atoms. The molecule has 110 valence electrons. The highest BCUT2D eigenvalue weighted by molar-refractivity contribution is 5.59. The lowest BCUT2D eigenvalue weighted by molar-refractivity contribution is 0.148. The molecule has 4 nitrogen and oxygen atoms in total. The Morgan fingerprint density at radius 2 is 1.81 bits per heavy atom. The Bertz CT molecular complexity index is 657. The topological polar surface area (TPSA) is 39.3 Å². The van der Waals surface area contributed by atoms with Crippen molar-refractivity contribution in [2.45, 2.75) is 6.54 Å². The zero-order valence-corrected chi connectivity index (χ0v) is 12.4. The van der Waals surface area contributed by atoms with Crippen LogP contribution in [-0.2, 0) is 6.54 Å². The second-order valence-corrected chi connectivity index (χ2v) is 5.71. The van der Waals surface area contributed by atoms with Crippen LogP contribution in [0.4, 0.5) is 0 Å². The van der Waals surface area contributed by atoms with Crippen molar-refractivity contribution in [2.75, 3.05) is 33.2 Å². The van der Waals surface area contributed by atoms with E-state index in [1.807, 2.05) is 12.1 Å². The SMILES string of the molecule is CN1CCN(Cc2cccc(-c3cccc(=O)[nH]3)c2)CC1. The monoisotopic (exact) mass is 283 g/mol. The molecule has 0 atom stereocenters. The van der Waals surface area contributed by atoms with Crippen LogP contribution < -0.4 is 5.56 Å². The highest BCUT2D eigenvalue weighted by Gasteiger charge is 2.13. The van der Waals surface area contributed by atoms with Crippen LogP contribution in [0.5, 0.6) is 0 Å². The van der Waals surface area contributed by atoms with E-state index in [9.17, 15) is 4.79 Å². The molecule has 0 radical (unpaired) electrons. The summed E-state index contributed by atoms with van der Waals surface area (Å²) in [7, 11) is 2.17. The molecule has 21 heavy (non-hydrogen) atoms. The van der Waals surface area contributed by atoms with Crippen molar-refractivity contribution in [1.29, 1.82) is 0 Å². The van der Waals surface area contributed by atoms with Gasteiger partial charge >= 0.3 is 0 Å². The first-order valence-electron chi connectivity index (χ1n) is 7.40. The van der Waals surface area contributed by atoms with Gasteiger partial charge in [0.25, 0.3) is 0 Å². The summed E-state index contributed by atoms with van der Waals surface area (Å²) in [4.78, 5) is 19.2. The predicted molar refractivity (Wildman–Crippen MR) is 85.3 cm³/mol. The lowest BCUT2D eigenvalue weighted by atomic mass is 10.1. The lowest BCUT2D eigenvalue weighted by Gasteiger charge is -2.32. The van der Waals surface area contributed by atoms with Crippen molar-refractivity contribution in [2.24, 2.45) is 0 Å². The Balaban J connectivity index is 1.76. The van der Waals surface area contributed by atoms with Gasteiger partial charge in [-0.15, -0.1) is 0 Å². The van der Waals surface area contributed by atoms with Gasteiger partial charge < -0.3 is 9.88 Å². The number of aromatic nitrogens is 1. The molecule has 0 spiro atoms. The fourth-order valence-corrected chi connectivity index (χ4v) is 2.72. The molecule has 1 aliphatic rings. The van der Waals surface area contributed by atoms with Gasteiger partial charge in [0.15, 0.2) is 0 Å². The maximum Gasteiger partial charge on any atom is 0.248 e. The number of likely N-dealkylation sites (N-methyl/N-ethyl adjacent to an activating group) is 1. The first kappa shape index (κ1) is 14.0. The maximum atomic E-state index is 11.4. The summed E-state index contributed by atoms with van der Waals surface area (Å²) in [6.07, 6.45) is 0. The Morgan fingerprint density at radius 3 is 2.57 bits per heavy atom. The summed E-state index contributed by atoms with van der Waals surface area (Å²) in [6.45, 7) is 5.46. The van der Waals surface area contributed by atoms with Crippen molar-refractivity contribution >= 4 is 0 Å². The van der Waals surface area contributed by atoms with Gasteiger partial charge in [0.05, 0.1) is 0 Å². The smallest absolute Gasteiger partial charge is 0.248 e. The van der Waals surface area contributed by atoms with Crippen molar-refractivity contribution < 1.29 is 0 Å². The molecule has 0 saturated carbocycles. The molecule has 1 saturated heterocycles. The van der Waals surface area contributed by atoms with E-state index in [2.05, 4.69) is 40.0 Å². The number of aromatic amines is 1. The lowest BCUT2D eigenvalue weighted by Crippen LogP contribution is -2.43. The van der Waals surface area contributed by atoms with Crippen molar-refractivity contribution in [3.05, 3.63) is 58.4 Å². The third kappa shape index (κ3) is 3.60. The minimum absolute atomic E-state index is 0.0584. The molecule has 0 aliphatic carbocycles. The Kier molecular flexibility index (Phi) is 4.18. The van der Waals surface area contributed by atoms with E-state index >= 15 is 0 Å². The zero-order chi connectivity index (χ0) is 14.7. The molecule has 2 heterocycles.